The van der Waals surface area contributed by atoms with Gasteiger partial charge in [0, 0.05) is 0 Å². The molecular weight excluding hydrogens is 174 g/mol. The van der Waals surface area contributed by atoms with Gasteiger partial charge in [0.1, 0.15) is 0 Å². The van der Waals surface area contributed by atoms with Crippen LogP contribution in [-0.4, -0.2) is 16.5 Å². The van der Waals surface area contributed by atoms with Gasteiger partial charge in [-0.15, -0.1) is 5.92 Å². The molecule has 0 fully saturated rings. The summed E-state index contributed by atoms with van der Waals surface area (Å²) in [5, 5.41) is 3.45. The third-order valence-corrected chi connectivity index (χ3v) is 1.33. The van der Waals surface area contributed by atoms with Crippen LogP contribution in [0.5, 0.6) is 0 Å². The van der Waals surface area contributed by atoms with Gasteiger partial charge in [-0.3, -0.25) is 0 Å². The Balaban J connectivity index is 2.51. The molecular formula is C8H8ClN3. The fourth-order valence-corrected chi connectivity index (χ4v) is 0.713. The highest BCUT2D eigenvalue weighted by atomic mass is 35.5. The predicted octanol–water partition coefficient (Wildman–Crippen LogP) is 1.57. The molecule has 1 rings (SSSR count). The zero-order chi connectivity index (χ0) is 8.81. The van der Waals surface area contributed by atoms with E-state index in [2.05, 4.69) is 27.1 Å². The molecule has 0 aliphatic heterocycles. The first-order chi connectivity index (χ1) is 5.83. The third kappa shape index (κ3) is 2.77. The van der Waals surface area contributed by atoms with Crippen molar-refractivity contribution in [2.24, 2.45) is 0 Å². The van der Waals surface area contributed by atoms with E-state index in [-0.39, 0.29) is 0 Å². The first-order valence-electron chi connectivity index (χ1n) is 3.44. The van der Waals surface area contributed by atoms with Gasteiger partial charge in [-0.05, 0) is 6.92 Å². The number of nitrogens with zero attached hydrogens (tertiary/aromatic N) is 2. The summed E-state index contributed by atoms with van der Waals surface area (Å²) in [6, 6.07) is 0. The van der Waals surface area contributed by atoms with Crippen molar-refractivity contribution in [3.05, 3.63) is 17.4 Å². The Kier molecular flexibility index (Phi) is 3.36. The highest BCUT2D eigenvalue weighted by Crippen LogP contribution is 2.04. The summed E-state index contributed by atoms with van der Waals surface area (Å²) in [7, 11) is 0. The van der Waals surface area contributed by atoms with Gasteiger partial charge in [0.15, 0.2) is 0 Å². The van der Waals surface area contributed by atoms with Crippen molar-refractivity contribution < 1.29 is 0 Å². The van der Waals surface area contributed by atoms with Crippen LogP contribution in [0.4, 0.5) is 5.95 Å². The third-order valence-electron chi connectivity index (χ3n) is 1.13. The molecule has 0 aliphatic carbocycles. The lowest BCUT2D eigenvalue weighted by molar-refractivity contribution is 1.13. The molecule has 4 heteroatoms. The van der Waals surface area contributed by atoms with E-state index in [4.69, 9.17) is 11.6 Å². The maximum absolute atomic E-state index is 5.59. The lowest BCUT2D eigenvalue weighted by atomic mass is 10.6. The van der Waals surface area contributed by atoms with Gasteiger partial charge in [0.05, 0.1) is 24.0 Å². The zero-order valence-corrected chi connectivity index (χ0v) is 7.39. The molecule has 0 radical (unpaired) electrons. The monoisotopic (exact) mass is 181 g/mol. The number of hydrogen-bond acceptors (Lipinski definition) is 3. The summed E-state index contributed by atoms with van der Waals surface area (Å²) in [6.07, 6.45) is 3.08. The van der Waals surface area contributed by atoms with Crippen molar-refractivity contribution in [1.29, 1.82) is 0 Å². The number of halogens is 1. The van der Waals surface area contributed by atoms with Gasteiger partial charge in [0.2, 0.25) is 5.95 Å². The van der Waals surface area contributed by atoms with Crippen molar-refractivity contribution in [2.75, 3.05) is 11.9 Å². The van der Waals surface area contributed by atoms with Crippen LogP contribution < -0.4 is 5.32 Å². The summed E-state index contributed by atoms with van der Waals surface area (Å²) < 4.78 is 0. The fourth-order valence-electron chi connectivity index (χ4n) is 0.615. The molecule has 1 heterocycles. The molecule has 0 bridgehead atoms. The van der Waals surface area contributed by atoms with Crippen molar-refractivity contribution in [3.8, 4) is 11.8 Å². The minimum absolute atomic E-state index is 0.530. The lowest BCUT2D eigenvalue weighted by Gasteiger charge is -1.97. The van der Waals surface area contributed by atoms with Crippen LogP contribution in [0, 0.1) is 11.8 Å². The number of anilines is 1. The summed E-state index contributed by atoms with van der Waals surface area (Å²) in [4.78, 5) is 7.86. The molecule has 12 heavy (non-hydrogen) atoms. The summed E-state index contributed by atoms with van der Waals surface area (Å²) in [5.41, 5.74) is 0. The van der Waals surface area contributed by atoms with Crippen molar-refractivity contribution in [3.63, 3.8) is 0 Å². The molecule has 0 spiro atoms. The Morgan fingerprint density at radius 2 is 2.17 bits per heavy atom. The van der Waals surface area contributed by atoms with Gasteiger partial charge < -0.3 is 5.32 Å². The minimum atomic E-state index is 0.530. The smallest absolute Gasteiger partial charge is 0.223 e. The molecule has 0 saturated carbocycles. The van der Waals surface area contributed by atoms with Gasteiger partial charge in [-0.2, -0.15) is 0 Å². The quantitative estimate of drug-likeness (QED) is 0.704. The summed E-state index contributed by atoms with van der Waals surface area (Å²) >= 11 is 5.59. The maximum atomic E-state index is 5.59. The van der Waals surface area contributed by atoms with Crippen LogP contribution in [0.25, 0.3) is 0 Å². The highest BCUT2D eigenvalue weighted by Gasteiger charge is 1.91. The molecule has 0 aliphatic rings. The number of nitrogens with one attached hydrogen (secondary N) is 1. The Bertz CT molecular complexity index is 296. The van der Waals surface area contributed by atoms with E-state index in [9.17, 15) is 0 Å². The molecule has 1 aromatic heterocycles. The largest absolute Gasteiger partial charge is 0.343 e. The molecule has 3 nitrogen and oxygen atoms in total. The molecule has 0 amide bonds. The average Bonchev–Trinajstić information content (AvgIpc) is 2.09. The maximum Gasteiger partial charge on any atom is 0.223 e. The molecule has 62 valence electrons. The standard InChI is InChI=1S/C8H8ClN3/c1-2-3-4-10-8-11-5-7(9)6-12-8/h5-6H,4H2,1H3,(H,10,11,12). The number of hydrogen-bond donors (Lipinski definition) is 1. The first kappa shape index (κ1) is 8.82. The van der Waals surface area contributed by atoms with Crippen LogP contribution in [0.1, 0.15) is 6.92 Å². The minimum Gasteiger partial charge on any atom is -0.343 e. The topological polar surface area (TPSA) is 37.8 Å². The predicted molar refractivity (Wildman–Crippen MR) is 49.0 cm³/mol. The van der Waals surface area contributed by atoms with Crippen LogP contribution in [-0.2, 0) is 0 Å². The van der Waals surface area contributed by atoms with Crippen molar-refractivity contribution in [1.82, 2.24) is 9.97 Å². The van der Waals surface area contributed by atoms with E-state index in [0.29, 0.717) is 17.5 Å². The van der Waals surface area contributed by atoms with Crippen LogP contribution in [0.2, 0.25) is 5.02 Å². The summed E-state index contributed by atoms with van der Waals surface area (Å²) in [5.74, 6) is 6.14. The van der Waals surface area contributed by atoms with Gasteiger partial charge >= 0.3 is 0 Å². The Morgan fingerprint density at radius 1 is 1.50 bits per heavy atom. The van der Waals surface area contributed by atoms with Crippen LogP contribution in [0.15, 0.2) is 12.4 Å². The normalized spacial score (nSPS) is 8.50. The van der Waals surface area contributed by atoms with E-state index in [0.717, 1.165) is 0 Å². The molecule has 0 saturated heterocycles. The van der Waals surface area contributed by atoms with E-state index >= 15 is 0 Å². The second-order valence-electron chi connectivity index (χ2n) is 2.01. The molecule has 1 N–H and O–H groups in total. The van der Waals surface area contributed by atoms with E-state index in [1.165, 1.54) is 12.4 Å². The fraction of sp³-hybridized carbons (Fsp3) is 0.250. The molecule has 0 unspecified atom stereocenters. The van der Waals surface area contributed by atoms with E-state index < -0.39 is 0 Å². The SMILES string of the molecule is CC#CCNc1ncc(Cl)cn1. The van der Waals surface area contributed by atoms with Gasteiger partial charge in [-0.25, -0.2) is 9.97 Å². The Labute approximate surface area is 76.2 Å². The zero-order valence-electron chi connectivity index (χ0n) is 6.63. The van der Waals surface area contributed by atoms with E-state index in [1.54, 1.807) is 6.92 Å². The molecule has 0 aromatic carbocycles. The lowest BCUT2D eigenvalue weighted by Crippen LogP contribution is -2.02. The van der Waals surface area contributed by atoms with E-state index in [1.807, 2.05) is 0 Å². The second kappa shape index (κ2) is 4.58. The van der Waals surface area contributed by atoms with Crippen LogP contribution in [0.3, 0.4) is 0 Å². The van der Waals surface area contributed by atoms with Gasteiger partial charge in [0.25, 0.3) is 0 Å². The van der Waals surface area contributed by atoms with Crippen molar-refractivity contribution >= 4 is 17.5 Å². The Hall–Kier alpha value is -1.27. The summed E-state index contributed by atoms with van der Waals surface area (Å²) in [6.45, 7) is 2.34. The number of aromatic nitrogens is 2. The molecule has 1 aromatic rings. The van der Waals surface area contributed by atoms with Gasteiger partial charge in [-0.1, -0.05) is 17.5 Å². The van der Waals surface area contributed by atoms with Crippen LogP contribution >= 0.6 is 11.6 Å². The second-order valence-corrected chi connectivity index (χ2v) is 2.44. The first-order valence-corrected chi connectivity index (χ1v) is 3.82. The molecule has 0 atom stereocenters. The number of rotatable bonds is 2. The Morgan fingerprint density at radius 3 is 2.75 bits per heavy atom. The average molecular weight is 182 g/mol. The highest BCUT2D eigenvalue weighted by molar-refractivity contribution is 6.30. The van der Waals surface area contributed by atoms with Crippen molar-refractivity contribution in [2.45, 2.75) is 6.92 Å².